The van der Waals surface area contributed by atoms with E-state index in [-0.39, 0.29) is 0 Å². The first-order chi connectivity index (χ1) is 47.0. The molecule has 0 heterocycles. The maximum Gasteiger partial charge on any atom is -0.0292 e. The van der Waals surface area contributed by atoms with Crippen LogP contribution in [0, 0.1) is 159 Å². The molecule has 0 nitrogen and oxygen atoms in total. The Morgan fingerprint density at radius 1 is 0.233 bits per heavy atom. The summed E-state index contributed by atoms with van der Waals surface area (Å²) in [6, 6.07) is 0. The summed E-state index contributed by atoms with van der Waals surface area (Å²) < 4.78 is 0. The number of unbranched alkanes of at least 4 members (excludes halogenated alkanes) is 3. The Morgan fingerprint density at radius 3 is 0.699 bits per heavy atom. The van der Waals surface area contributed by atoms with Gasteiger partial charge in [-0.3, -0.25) is 0 Å². The van der Waals surface area contributed by atoms with Crippen molar-refractivity contribution in [3.63, 3.8) is 0 Å². The first-order valence-electron chi connectivity index (χ1n) is 47.0. The third-order valence-electron chi connectivity index (χ3n) is 20.8. The molecule has 2 atom stereocenters. The van der Waals surface area contributed by atoms with Crippen LogP contribution in [-0.4, -0.2) is 0 Å². The van der Waals surface area contributed by atoms with Crippen molar-refractivity contribution in [2.24, 2.45) is 159 Å². The second kappa shape index (κ2) is 77.3. The molecule has 636 valence electrons. The quantitative estimate of drug-likeness (QED) is 0.0534. The molecule has 0 spiro atoms. The van der Waals surface area contributed by atoms with E-state index >= 15 is 0 Å². The highest BCUT2D eigenvalue weighted by atomic mass is 14.5. The number of hydrogen-bond acceptors (Lipinski definition) is 0. The van der Waals surface area contributed by atoms with E-state index in [0.717, 1.165) is 153 Å². The molecule has 0 heteroatoms. The lowest BCUT2D eigenvalue weighted by molar-refractivity contribution is 0.233. The Kier molecular flexibility index (Phi) is 91.0. The maximum atomic E-state index is 2.38. The SMILES string of the molecule is CC(C)CC(C)(C)CC(C)C.CC(C)CC(C)CC(C)C.CC(C)CC1(CC(C)C)CC1.CC(C)CCC(C(C)C)C(C)C.CC(C)CCC(C)C.CC(C)CCC(C)C(C)C.CC(C)CCCC(C)C.CC(C)CCCCC(C)C.CC(C)CCCCCC(C)C.CCC(CCC(C)C)C(C)C. The van der Waals surface area contributed by atoms with Crippen molar-refractivity contribution < 1.29 is 0 Å². The highest BCUT2D eigenvalue weighted by Crippen LogP contribution is 2.55. The predicted octanol–water partition coefficient (Wildman–Crippen LogP) is 38.5. The van der Waals surface area contributed by atoms with Crippen LogP contribution >= 0.6 is 0 Å². The van der Waals surface area contributed by atoms with E-state index in [1.54, 1.807) is 0 Å². The molecule has 1 aliphatic rings. The Labute approximate surface area is 666 Å². The first-order valence-corrected chi connectivity index (χ1v) is 47.0. The third-order valence-corrected chi connectivity index (χ3v) is 20.8. The summed E-state index contributed by atoms with van der Waals surface area (Å²) in [6.07, 6.45) is 41.0. The molecule has 0 aromatic rings. The van der Waals surface area contributed by atoms with Gasteiger partial charge >= 0.3 is 0 Å². The molecular formula is C103H224. The fourth-order valence-corrected chi connectivity index (χ4v) is 14.8. The van der Waals surface area contributed by atoms with E-state index in [0.29, 0.717) is 5.41 Å². The largest absolute Gasteiger partial charge is 0.0651 e. The van der Waals surface area contributed by atoms with Crippen LogP contribution in [0.25, 0.3) is 0 Å². The normalized spacial score (nSPS) is 13.5. The summed E-state index contributed by atoms with van der Waals surface area (Å²) >= 11 is 0. The van der Waals surface area contributed by atoms with Crippen molar-refractivity contribution in [1.82, 2.24) is 0 Å². The zero-order chi connectivity index (χ0) is 82.9. The van der Waals surface area contributed by atoms with E-state index < -0.39 is 0 Å². The Bertz CT molecular complexity index is 1440. The summed E-state index contributed by atoms with van der Waals surface area (Å²) in [5, 5.41) is 0. The van der Waals surface area contributed by atoms with Gasteiger partial charge in [0.2, 0.25) is 0 Å². The minimum Gasteiger partial charge on any atom is -0.0651 e. The van der Waals surface area contributed by atoms with Crippen molar-refractivity contribution in [2.75, 3.05) is 0 Å². The summed E-state index contributed by atoms with van der Waals surface area (Å²) in [5.41, 5.74) is 1.34. The molecule has 0 amide bonds. The van der Waals surface area contributed by atoms with Gasteiger partial charge in [0.05, 0.1) is 0 Å². The van der Waals surface area contributed by atoms with E-state index in [1.807, 2.05) is 0 Å². The molecule has 0 radical (unpaired) electrons. The summed E-state index contributed by atoms with van der Waals surface area (Å²) in [4.78, 5) is 0. The van der Waals surface area contributed by atoms with E-state index in [2.05, 4.69) is 325 Å². The first kappa shape index (κ1) is 121. The molecule has 1 aliphatic carbocycles. The smallest absolute Gasteiger partial charge is 0.0292 e. The van der Waals surface area contributed by atoms with Gasteiger partial charge in [0.1, 0.15) is 0 Å². The van der Waals surface area contributed by atoms with Crippen molar-refractivity contribution in [3.05, 3.63) is 0 Å². The van der Waals surface area contributed by atoms with Crippen LogP contribution in [0.1, 0.15) is 512 Å². The van der Waals surface area contributed by atoms with Crippen molar-refractivity contribution in [2.45, 2.75) is 512 Å². The molecule has 0 aromatic carbocycles. The van der Waals surface area contributed by atoms with Gasteiger partial charge in [-0.25, -0.2) is 0 Å². The van der Waals surface area contributed by atoms with Crippen LogP contribution in [0.5, 0.6) is 0 Å². The van der Waals surface area contributed by atoms with Gasteiger partial charge in [0.25, 0.3) is 0 Å². The van der Waals surface area contributed by atoms with Crippen LogP contribution in [0.3, 0.4) is 0 Å². The van der Waals surface area contributed by atoms with Crippen LogP contribution in [0.2, 0.25) is 0 Å². The van der Waals surface area contributed by atoms with E-state index in [9.17, 15) is 0 Å². The molecule has 1 saturated carbocycles. The Morgan fingerprint density at radius 2 is 0.485 bits per heavy atom. The molecule has 0 aliphatic heterocycles. The van der Waals surface area contributed by atoms with Crippen molar-refractivity contribution in [3.8, 4) is 0 Å². The van der Waals surface area contributed by atoms with Gasteiger partial charge in [-0.1, -0.05) is 447 Å². The maximum absolute atomic E-state index is 2.38. The second-order valence-electron chi connectivity index (χ2n) is 44.2. The number of rotatable bonds is 44. The molecule has 0 aromatic heterocycles. The molecule has 0 N–H and O–H groups in total. The van der Waals surface area contributed by atoms with E-state index in [4.69, 9.17) is 0 Å². The van der Waals surface area contributed by atoms with Crippen LogP contribution in [0.4, 0.5) is 0 Å². The second-order valence-corrected chi connectivity index (χ2v) is 44.2. The van der Waals surface area contributed by atoms with Gasteiger partial charge in [0.15, 0.2) is 0 Å². The van der Waals surface area contributed by atoms with Crippen LogP contribution in [0.15, 0.2) is 0 Å². The van der Waals surface area contributed by atoms with Gasteiger partial charge in [-0.2, -0.15) is 0 Å². The molecule has 0 saturated heterocycles. The summed E-state index contributed by atoms with van der Waals surface area (Å²) in [6.45, 7) is 109. The summed E-state index contributed by atoms with van der Waals surface area (Å²) in [7, 11) is 0. The zero-order valence-electron chi connectivity index (χ0n) is 82.9. The van der Waals surface area contributed by atoms with Crippen molar-refractivity contribution >= 4 is 0 Å². The molecule has 1 fully saturated rings. The van der Waals surface area contributed by atoms with E-state index in [1.165, 1.54) is 186 Å². The average Bonchev–Trinajstić information content (AvgIpc) is 1.66. The minimum absolute atomic E-state index is 0.544. The fraction of sp³-hybridized carbons (Fsp3) is 1.00. The minimum atomic E-state index is 0.544. The highest BCUT2D eigenvalue weighted by Gasteiger charge is 2.42. The number of hydrogen-bond donors (Lipinski definition) is 0. The zero-order valence-corrected chi connectivity index (χ0v) is 82.9. The lowest BCUT2D eigenvalue weighted by Gasteiger charge is -2.28. The average molecular weight is 1460 g/mol. The highest BCUT2D eigenvalue weighted by molar-refractivity contribution is 4.94. The molecule has 103 heavy (non-hydrogen) atoms. The lowest BCUT2D eigenvalue weighted by atomic mass is 9.78. The molecule has 0 bridgehead atoms. The van der Waals surface area contributed by atoms with Gasteiger partial charge in [-0.05, 0) is 223 Å². The van der Waals surface area contributed by atoms with Gasteiger partial charge in [0, 0.05) is 0 Å². The Balaban J connectivity index is -0.000000136. The monoisotopic (exact) mass is 1460 g/mol. The third kappa shape index (κ3) is 121. The molecule has 1 rings (SSSR count). The Hall–Kier alpha value is 0. The molecule has 2 unspecified atom stereocenters. The van der Waals surface area contributed by atoms with Gasteiger partial charge < -0.3 is 0 Å². The van der Waals surface area contributed by atoms with Crippen LogP contribution in [-0.2, 0) is 0 Å². The van der Waals surface area contributed by atoms with Crippen LogP contribution < -0.4 is 0 Å². The topological polar surface area (TPSA) is 0 Å². The summed E-state index contributed by atoms with van der Waals surface area (Å²) in [5.74, 6) is 22.1. The lowest BCUT2D eigenvalue weighted by Crippen LogP contribution is -2.16. The molecular weight excluding hydrogens is 1240 g/mol. The fourth-order valence-electron chi connectivity index (χ4n) is 14.8. The van der Waals surface area contributed by atoms with Gasteiger partial charge in [-0.15, -0.1) is 0 Å². The predicted molar refractivity (Wildman–Crippen MR) is 493 cm³/mol. The van der Waals surface area contributed by atoms with Crippen molar-refractivity contribution in [1.29, 1.82) is 0 Å². The standard InChI is InChI=1S/C12H26.C11H22.3C11H24.3C10H22.C9H20.C8H18/c1-9(2)7-8-12(10(3)4)11(5)6;1-9(2)7-11(5-6-11)8-10(3)4;1-9(2)7-11(5,6)8-10(3)4;1-10(2)8-6-5-7-9-11(3)4;1-6-11(10(4)5)8-7-9(2)3;1-8(2)6-10(5)7-9(3)4;1-8(2)6-7-10(5)9(3)4;1-9(2)7-5-6-8-10(3)4;1-8(2)6-5-7-9(3)4;1-7(2)5-6-8(3)4/h9-12H,7-8H2,1-6H3;9-10H,5-8H2,1-4H3;9-10H,7-8H2,1-6H3;10-11H,5-9H2,1-4H3;9-11H,6-8H2,1-5H3;2*8-10H,6-7H2,1-5H3;9-10H,5-8H2,1-4H3;8-9H,5-7H2,1-4H3;7-8H,5-6H2,1-4H3.